The van der Waals surface area contributed by atoms with E-state index in [-0.39, 0.29) is 10.8 Å². The van der Waals surface area contributed by atoms with Gasteiger partial charge in [0.25, 0.3) is 15.9 Å². The van der Waals surface area contributed by atoms with E-state index < -0.39 is 10.0 Å². The Hall–Kier alpha value is -3.12. The summed E-state index contributed by atoms with van der Waals surface area (Å²) >= 11 is 0. The third-order valence-electron chi connectivity index (χ3n) is 4.36. The molecule has 0 atom stereocenters. The average Bonchev–Trinajstić information content (AvgIpc) is 2.66. The predicted octanol–water partition coefficient (Wildman–Crippen LogP) is 4.66. The number of carbonyl (C=O) groups is 1. The highest BCUT2D eigenvalue weighted by Gasteiger charge is 2.16. The van der Waals surface area contributed by atoms with Crippen LogP contribution in [0, 0.1) is 20.8 Å². The molecule has 0 saturated carbocycles. The number of hydrogen-bond donors (Lipinski definition) is 2. The minimum Gasteiger partial charge on any atom is -0.322 e. The molecule has 3 rings (SSSR count). The van der Waals surface area contributed by atoms with Crippen molar-refractivity contribution >= 4 is 27.3 Å². The number of rotatable bonds is 5. The lowest BCUT2D eigenvalue weighted by molar-refractivity contribution is 0.102. The van der Waals surface area contributed by atoms with Gasteiger partial charge in [-0.25, -0.2) is 8.42 Å². The van der Waals surface area contributed by atoms with E-state index in [2.05, 4.69) is 10.0 Å². The molecule has 0 saturated heterocycles. The van der Waals surface area contributed by atoms with Crippen LogP contribution in [0.4, 0.5) is 11.4 Å². The molecule has 0 aliphatic rings. The van der Waals surface area contributed by atoms with E-state index >= 15 is 0 Å². The van der Waals surface area contributed by atoms with E-state index in [0.29, 0.717) is 16.9 Å². The Kier molecular flexibility index (Phi) is 5.51. The minimum absolute atomic E-state index is 0.0966. The van der Waals surface area contributed by atoms with Gasteiger partial charge in [0.2, 0.25) is 0 Å². The van der Waals surface area contributed by atoms with Crippen LogP contribution in [-0.2, 0) is 10.0 Å². The molecule has 0 unspecified atom stereocenters. The van der Waals surface area contributed by atoms with E-state index in [1.807, 2.05) is 57.2 Å². The molecule has 0 aromatic heterocycles. The Labute approximate surface area is 165 Å². The lowest BCUT2D eigenvalue weighted by Gasteiger charge is -2.12. The van der Waals surface area contributed by atoms with Crippen molar-refractivity contribution in [1.82, 2.24) is 0 Å². The van der Waals surface area contributed by atoms with Crippen LogP contribution in [0.2, 0.25) is 0 Å². The predicted molar refractivity (Wildman–Crippen MR) is 112 cm³/mol. The lowest BCUT2D eigenvalue weighted by atomic mass is 10.1. The fourth-order valence-corrected chi connectivity index (χ4v) is 3.89. The maximum atomic E-state index is 12.6. The monoisotopic (exact) mass is 394 g/mol. The molecule has 3 aromatic carbocycles. The van der Waals surface area contributed by atoms with Gasteiger partial charge in [0.15, 0.2) is 0 Å². The molecule has 1 amide bonds. The van der Waals surface area contributed by atoms with Gasteiger partial charge in [-0.3, -0.25) is 9.52 Å². The maximum absolute atomic E-state index is 12.6. The first kappa shape index (κ1) is 19.6. The van der Waals surface area contributed by atoms with Crippen LogP contribution in [0.3, 0.4) is 0 Å². The number of nitrogens with one attached hydrogen (secondary N) is 2. The summed E-state index contributed by atoms with van der Waals surface area (Å²) in [5, 5.41) is 2.79. The summed E-state index contributed by atoms with van der Waals surface area (Å²) in [5.74, 6) is -0.296. The molecule has 6 heteroatoms. The minimum atomic E-state index is -3.74. The van der Waals surface area contributed by atoms with Crippen LogP contribution in [-0.4, -0.2) is 14.3 Å². The normalized spacial score (nSPS) is 11.1. The molecule has 5 nitrogen and oxygen atoms in total. The van der Waals surface area contributed by atoms with Crippen LogP contribution >= 0.6 is 0 Å². The molecule has 0 fully saturated rings. The summed E-state index contributed by atoms with van der Waals surface area (Å²) < 4.78 is 27.9. The van der Waals surface area contributed by atoms with Crippen LogP contribution < -0.4 is 10.0 Å². The summed E-state index contributed by atoms with van der Waals surface area (Å²) in [6, 6.07) is 18.8. The summed E-state index contributed by atoms with van der Waals surface area (Å²) in [6.45, 7) is 5.77. The fraction of sp³-hybridized carbons (Fsp3) is 0.136. The Morgan fingerprint density at radius 3 is 2.00 bits per heavy atom. The SMILES string of the molecule is Cc1ccc(NC(=O)c2ccc(S(=O)(=O)Nc3ccc(C)cc3C)cc2)cc1. The van der Waals surface area contributed by atoms with Crippen molar-refractivity contribution in [1.29, 1.82) is 0 Å². The number of aryl methyl sites for hydroxylation is 3. The van der Waals surface area contributed by atoms with Crippen molar-refractivity contribution in [3.63, 3.8) is 0 Å². The molecular formula is C22H22N2O3S. The number of carbonyl (C=O) groups excluding carboxylic acids is 1. The number of anilines is 2. The first-order valence-corrected chi connectivity index (χ1v) is 10.3. The van der Waals surface area contributed by atoms with Crippen LogP contribution in [0.25, 0.3) is 0 Å². The van der Waals surface area contributed by atoms with Crippen molar-refractivity contribution in [3.05, 3.63) is 89.0 Å². The Balaban J connectivity index is 1.75. The van der Waals surface area contributed by atoms with Crippen molar-refractivity contribution in [3.8, 4) is 0 Å². The zero-order valence-electron chi connectivity index (χ0n) is 16.0. The molecule has 28 heavy (non-hydrogen) atoms. The van der Waals surface area contributed by atoms with Gasteiger partial charge in [-0.2, -0.15) is 0 Å². The van der Waals surface area contributed by atoms with Crippen LogP contribution in [0.1, 0.15) is 27.0 Å². The standard InChI is InChI=1S/C22H22N2O3S/c1-15-4-9-19(10-5-15)23-22(25)18-7-11-20(12-8-18)28(26,27)24-21-13-6-16(2)14-17(21)3/h4-14,24H,1-3H3,(H,23,25). The molecule has 0 bridgehead atoms. The smallest absolute Gasteiger partial charge is 0.261 e. The molecule has 144 valence electrons. The van der Waals surface area contributed by atoms with Crippen molar-refractivity contribution in [2.75, 3.05) is 10.0 Å². The number of hydrogen-bond acceptors (Lipinski definition) is 3. The van der Waals surface area contributed by atoms with E-state index in [0.717, 1.165) is 16.7 Å². The zero-order valence-corrected chi connectivity index (χ0v) is 16.8. The van der Waals surface area contributed by atoms with Crippen LogP contribution in [0.15, 0.2) is 71.6 Å². The van der Waals surface area contributed by atoms with E-state index in [1.54, 1.807) is 6.07 Å². The van der Waals surface area contributed by atoms with Gasteiger partial charge >= 0.3 is 0 Å². The second-order valence-corrected chi connectivity index (χ2v) is 8.45. The summed E-state index contributed by atoms with van der Waals surface area (Å²) in [5.41, 5.74) is 4.60. The lowest BCUT2D eigenvalue weighted by Crippen LogP contribution is -2.15. The quantitative estimate of drug-likeness (QED) is 0.661. The maximum Gasteiger partial charge on any atom is 0.261 e. The third kappa shape index (κ3) is 4.58. The molecule has 0 spiro atoms. The molecule has 0 radical (unpaired) electrons. The second kappa shape index (κ2) is 7.86. The van der Waals surface area contributed by atoms with Crippen molar-refractivity contribution in [2.45, 2.75) is 25.7 Å². The van der Waals surface area contributed by atoms with Gasteiger partial charge in [-0.1, -0.05) is 35.4 Å². The second-order valence-electron chi connectivity index (χ2n) is 6.77. The number of sulfonamides is 1. The largest absolute Gasteiger partial charge is 0.322 e. The fourth-order valence-electron chi connectivity index (χ4n) is 2.76. The molecule has 3 aromatic rings. The van der Waals surface area contributed by atoms with E-state index in [4.69, 9.17) is 0 Å². The Morgan fingerprint density at radius 1 is 0.786 bits per heavy atom. The molecule has 0 heterocycles. The highest BCUT2D eigenvalue weighted by Crippen LogP contribution is 2.21. The van der Waals surface area contributed by atoms with E-state index in [1.165, 1.54) is 24.3 Å². The van der Waals surface area contributed by atoms with Crippen LogP contribution in [0.5, 0.6) is 0 Å². The summed E-state index contributed by atoms with van der Waals surface area (Å²) in [4.78, 5) is 12.4. The first-order chi connectivity index (χ1) is 13.2. The van der Waals surface area contributed by atoms with Gasteiger partial charge in [0.1, 0.15) is 0 Å². The molecule has 2 N–H and O–H groups in total. The molecular weight excluding hydrogens is 372 g/mol. The summed E-state index contributed by atoms with van der Waals surface area (Å²) in [7, 11) is -3.74. The van der Waals surface area contributed by atoms with Gasteiger partial charge in [-0.05, 0) is 68.8 Å². The number of amides is 1. The van der Waals surface area contributed by atoms with Gasteiger partial charge < -0.3 is 5.32 Å². The number of benzene rings is 3. The van der Waals surface area contributed by atoms with Gasteiger partial charge in [0, 0.05) is 11.3 Å². The Bertz CT molecular complexity index is 1100. The highest BCUT2D eigenvalue weighted by atomic mass is 32.2. The van der Waals surface area contributed by atoms with Gasteiger partial charge in [0.05, 0.1) is 10.6 Å². The molecule has 0 aliphatic carbocycles. The van der Waals surface area contributed by atoms with E-state index in [9.17, 15) is 13.2 Å². The average molecular weight is 394 g/mol. The molecule has 0 aliphatic heterocycles. The highest BCUT2D eigenvalue weighted by molar-refractivity contribution is 7.92. The summed E-state index contributed by atoms with van der Waals surface area (Å²) in [6.07, 6.45) is 0. The Morgan fingerprint density at radius 2 is 1.39 bits per heavy atom. The van der Waals surface area contributed by atoms with Crippen molar-refractivity contribution < 1.29 is 13.2 Å². The first-order valence-electron chi connectivity index (χ1n) is 8.83. The topological polar surface area (TPSA) is 75.3 Å². The van der Waals surface area contributed by atoms with Crippen molar-refractivity contribution in [2.24, 2.45) is 0 Å². The zero-order chi connectivity index (χ0) is 20.3. The van der Waals surface area contributed by atoms with Gasteiger partial charge in [-0.15, -0.1) is 0 Å². The third-order valence-corrected chi connectivity index (χ3v) is 5.74.